The summed E-state index contributed by atoms with van der Waals surface area (Å²) in [5, 5.41) is 1.33. The normalized spacial score (nSPS) is 10.6. The minimum atomic E-state index is -0.643. The molecule has 0 radical (unpaired) electrons. The van der Waals surface area contributed by atoms with Crippen LogP contribution >= 0.6 is 46.4 Å². The van der Waals surface area contributed by atoms with Gasteiger partial charge in [-0.25, -0.2) is 0 Å². The van der Waals surface area contributed by atoms with E-state index in [0.29, 0.717) is 21.4 Å². The highest BCUT2D eigenvalue weighted by Gasteiger charge is 2.25. The Kier molecular flexibility index (Phi) is 6.16. The molecule has 0 saturated heterocycles. The third kappa shape index (κ3) is 4.26. The zero-order valence-corrected chi connectivity index (χ0v) is 17.2. The summed E-state index contributed by atoms with van der Waals surface area (Å²) in [6, 6.07) is 15.5. The van der Waals surface area contributed by atoms with Crippen molar-refractivity contribution < 1.29 is 9.59 Å². The van der Waals surface area contributed by atoms with Gasteiger partial charge in [0.1, 0.15) is 0 Å². The van der Waals surface area contributed by atoms with Crippen LogP contribution in [0.25, 0.3) is 0 Å². The number of carbonyl (C=O) groups is 2. The third-order valence-corrected chi connectivity index (χ3v) is 4.97. The molecule has 2 amide bonds. The summed E-state index contributed by atoms with van der Waals surface area (Å²) in [6.07, 6.45) is 0. The number of amides is 2. The summed E-state index contributed by atoms with van der Waals surface area (Å²) in [5.41, 5.74) is 6.49. The Morgan fingerprint density at radius 2 is 1.21 bits per heavy atom. The van der Waals surface area contributed by atoms with Crippen LogP contribution in [0, 0.1) is 0 Å². The van der Waals surface area contributed by atoms with Crippen molar-refractivity contribution in [3.8, 4) is 0 Å². The van der Waals surface area contributed by atoms with Gasteiger partial charge < -0.3 is 5.73 Å². The lowest BCUT2D eigenvalue weighted by molar-refractivity contribution is 0.0998. The van der Waals surface area contributed by atoms with Crippen molar-refractivity contribution >= 4 is 69.6 Å². The first kappa shape index (κ1) is 20.5. The molecule has 3 aromatic carbocycles. The second-order valence-electron chi connectivity index (χ2n) is 5.78. The van der Waals surface area contributed by atoms with Crippen LogP contribution in [0.2, 0.25) is 20.1 Å². The van der Waals surface area contributed by atoms with Crippen molar-refractivity contribution in [3.05, 3.63) is 91.9 Å². The minimum absolute atomic E-state index is 0.204. The molecule has 0 spiro atoms. The van der Waals surface area contributed by atoms with Crippen molar-refractivity contribution in [2.45, 2.75) is 0 Å². The van der Waals surface area contributed by atoms with E-state index in [4.69, 9.17) is 52.1 Å². The lowest BCUT2D eigenvalue weighted by Crippen LogP contribution is -2.27. The predicted octanol–water partition coefficient (Wildman–Crippen LogP) is 6.38. The van der Waals surface area contributed by atoms with Crippen molar-refractivity contribution in [2.75, 3.05) is 4.90 Å². The average Bonchev–Trinajstić information content (AvgIpc) is 2.65. The van der Waals surface area contributed by atoms with E-state index in [1.54, 1.807) is 36.4 Å². The Balaban J connectivity index is 2.19. The molecule has 0 aliphatic carbocycles. The molecule has 0 unspecified atom stereocenters. The van der Waals surface area contributed by atoms with Crippen molar-refractivity contribution in [2.24, 2.45) is 5.73 Å². The van der Waals surface area contributed by atoms with Gasteiger partial charge in [-0.2, -0.15) is 0 Å². The Bertz CT molecular complexity index is 1030. The van der Waals surface area contributed by atoms with Crippen LogP contribution in [-0.4, -0.2) is 11.8 Å². The highest BCUT2D eigenvalue weighted by atomic mass is 35.5. The van der Waals surface area contributed by atoms with Gasteiger partial charge in [-0.15, -0.1) is 0 Å². The summed E-state index contributed by atoms with van der Waals surface area (Å²) < 4.78 is 0. The third-order valence-electron chi connectivity index (χ3n) is 3.90. The van der Waals surface area contributed by atoms with Crippen LogP contribution < -0.4 is 10.6 Å². The molecule has 0 aliphatic rings. The monoisotopic (exact) mass is 452 g/mol. The van der Waals surface area contributed by atoms with Gasteiger partial charge in [0.15, 0.2) is 0 Å². The molecule has 0 atom stereocenters. The maximum Gasteiger partial charge on any atom is 0.262 e. The van der Waals surface area contributed by atoms with Crippen LogP contribution in [0.15, 0.2) is 60.7 Å². The second-order valence-corrected chi connectivity index (χ2v) is 7.46. The zero-order valence-electron chi connectivity index (χ0n) is 14.1. The quantitative estimate of drug-likeness (QED) is 0.498. The van der Waals surface area contributed by atoms with Crippen LogP contribution in [0.3, 0.4) is 0 Å². The lowest BCUT2D eigenvalue weighted by atomic mass is 10.1. The number of hydrogen-bond donors (Lipinski definition) is 1. The van der Waals surface area contributed by atoms with Gasteiger partial charge >= 0.3 is 0 Å². The van der Waals surface area contributed by atoms with E-state index in [9.17, 15) is 9.59 Å². The summed E-state index contributed by atoms with van der Waals surface area (Å²) in [5.74, 6) is -1.10. The van der Waals surface area contributed by atoms with Gasteiger partial charge in [-0.1, -0.05) is 52.5 Å². The number of hydrogen-bond acceptors (Lipinski definition) is 2. The fourth-order valence-electron chi connectivity index (χ4n) is 2.61. The molecular weight excluding hydrogens is 442 g/mol. The number of nitrogens with two attached hydrogens (primary N) is 1. The molecule has 8 heteroatoms. The van der Waals surface area contributed by atoms with E-state index in [1.165, 1.54) is 29.2 Å². The lowest BCUT2D eigenvalue weighted by Gasteiger charge is -2.25. The van der Waals surface area contributed by atoms with Crippen molar-refractivity contribution in [3.63, 3.8) is 0 Å². The molecule has 142 valence electrons. The van der Waals surface area contributed by atoms with Gasteiger partial charge in [-0.05, 0) is 54.6 Å². The maximum atomic E-state index is 13.4. The molecule has 0 aliphatic heterocycles. The molecular formula is C20H12Cl4N2O2. The van der Waals surface area contributed by atoms with Gasteiger partial charge in [-0.3, -0.25) is 14.5 Å². The Morgan fingerprint density at radius 3 is 1.68 bits per heavy atom. The smallest absolute Gasteiger partial charge is 0.262 e. The number of nitrogens with zero attached hydrogens (tertiary/aromatic N) is 1. The van der Waals surface area contributed by atoms with E-state index in [-0.39, 0.29) is 21.2 Å². The van der Waals surface area contributed by atoms with Crippen LogP contribution in [0.1, 0.15) is 20.7 Å². The molecule has 0 heterocycles. The SMILES string of the molecule is NC(=O)c1cccc(C(=O)N(c2ccc(Cl)cc2Cl)c2ccc(Cl)cc2Cl)c1. The molecule has 0 aromatic heterocycles. The predicted molar refractivity (Wildman–Crippen MR) is 114 cm³/mol. The highest BCUT2D eigenvalue weighted by Crippen LogP contribution is 2.39. The summed E-state index contributed by atoms with van der Waals surface area (Å²) in [4.78, 5) is 26.2. The van der Waals surface area contributed by atoms with E-state index in [1.807, 2.05) is 0 Å². The van der Waals surface area contributed by atoms with E-state index >= 15 is 0 Å². The van der Waals surface area contributed by atoms with Crippen molar-refractivity contribution in [1.82, 2.24) is 0 Å². The fourth-order valence-corrected chi connectivity index (χ4v) is 3.59. The maximum absolute atomic E-state index is 13.4. The van der Waals surface area contributed by atoms with Crippen LogP contribution in [-0.2, 0) is 0 Å². The molecule has 0 bridgehead atoms. The minimum Gasteiger partial charge on any atom is -0.366 e. The number of carbonyl (C=O) groups excluding carboxylic acids is 2. The Hall–Kier alpha value is -2.24. The summed E-state index contributed by atoms with van der Waals surface area (Å²) in [6.45, 7) is 0. The molecule has 28 heavy (non-hydrogen) atoms. The van der Waals surface area contributed by atoms with Crippen LogP contribution in [0.5, 0.6) is 0 Å². The fraction of sp³-hybridized carbons (Fsp3) is 0. The van der Waals surface area contributed by atoms with Crippen LogP contribution in [0.4, 0.5) is 11.4 Å². The first-order chi connectivity index (χ1) is 13.3. The highest BCUT2D eigenvalue weighted by molar-refractivity contribution is 6.39. The Labute approximate surface area is 181 Å². The number of anilines is 2. The zero-order chi connectivity index (χ0) is 20.4. The van der Waals surface area contributed by atoms with E-state index < -0.39 is 11.8 Å². The first-order valence-corrected chi connectivity index (χ1v) is 9.43. The number of benzene rings is 3. The molecule has 4 nitrogen and oxygen atoms in total. The topological polar surface area (TPSA) is 63.4 Å². The molecule has 3 aromatic rings. The molecule has 3 rings (SSSR count). The Morgan fingerprint density at radius 1 is 0.714 bits per heavy atom. The molecule has 0 saturated carbocycles. The molecule has 2 N–H and O–H groups in total. The van der Waals surface area contributed by atoms with Crippen molar-refractivity contribution in [1.29, 1.82) is 0 Å². The number of rotatable bonds is 4. The van der Waals surface area contributed by atoms with E-state index in [0.717, 1.165) is 0 Å². The molecule has 0 fully saturated rings. The second kappa shape index (κ2) is 8.41. The number of primary amides is 1. The van der Waals surface area contributed by atoms with Gasteiger partial charge in [0.05, 0.1) is 21.4 Å². The first-order valence-electron chi connectivity index (χ1n) is 7.92. The van der Waals surface area contributed by atoms with Gasteiger partial charge in [0.2, 0.25) is 5.91 Å². The standard InChI is InChI=1S/C20H12Cl4N2O2/c21-13-4-6-17(15(23)9-13)26(18-7-5-14(22)10-16(18)24)20(28)12-3-1-2-11(8-12)19(25)27/h1-10H,(H2,25,27). The van der Waals surface area contributed by atoms with E-state index in [2.05, 4.69) is 0 Å². The number of halogens is 4. The van der Waals surface area contributed by atoms with Gasteiger partial charge in [0.25, 0.3) is 5.91 Å². The summed E-state index contributed by atoms with van der Waals surface area (Å²) >= 11 is 24.7. The van der Waals surface area contributed by atoms with Gasteiger partial charge in [0, 0.05) is 21.2 Å². The summed E-state index contributed by atoms with van der Waals surface area (Å²) in [7, 11) is 0. The average molecular weight is 454 g/mol. The largest absolute Gasteiger partial charge is 0.366 e.